The largest absolute Gasteiger partial charge is 0.347 e. The normalized spacial score (nSPS) is 11.2. The van der Waals surface area contributed by atoms with E-state index in [-0.39, 0.29) is 26.3 Å². The van der Waals surface area contributed by atoms with Crippen molar-refractivity contribution in [1.82, 2.24) is 5.32 Å². The summed E-state index contributed by atoms with van der Waals surface area (Å²) >= 11 is 6.50. The number of thiophene rings is 1. The van der Waals surface area contributed by atoms with Crippen LogP contribution in [0, 0.1) is 10.1 Å². The second-order valence-corrected chi connectivity index (χ2v) is 7.61. The highest BCUT2D eigenvalue weighted by Crippen LogP contribution is 2.33. The molecular formula is C12H10ClN3O5S2. The predicted molar refractivity (Wildman–Crippen MR) is 85.0 cm³/mol. The number of sulfonamides is 1. The molecule has 8 nitrogen and oxygen atoms in total. The molecule has 1 aromatic carbocycles. The van der Waals surface area contributed by atoms with Crippen molar-refractivity contribution in [3.05, 3.63) is 55.2 Å². The number of carbonyl (C=O) groups is 1. The predicted octanol–water partition coefficient (Wildman–Crippen LogP) is 1.89. The van der Waals surface area contributed by atoms with Crippen molar-refractivity contribution >= 4 is 44.6 Å². The maximum atomic E-state index is 11.9. The molecular weight excluding hydrogens is 366 g/mol. The van der Waals surface area contributed by atoms with Gasteiger partial charge in [-0.3, -0.25) is 14.9 Å². The number of nitrogens with one attached hydrogen (secondary N) is 1. The van der Waals surface area contributed by atoms with Gasteiger partial charge in [0.15, 0.2) is 4.34 Å². The van der Waals surface area contributed by atoms with Crippen molar-refractivity contribution in [3.8, 4) is 0 Å². The van der Waals surface area contributed by atoms with Crippen LogP contribution in [0.25, 0.3) is 0 Å². The van der Waals surface area contributed by atoms with Crippen LogP contribution in [0.2, 0.25) is 4.34 Å². The van der Waals surface area contributed by atoms with E-state index in [1.807, 2.05) is 0 Å². The van der Waals surface area contributed by atoms with Crippen LogP contribution in [0.1, 0.15) is 15.2 Å². The molecule has 23 heavy (non-hydrogen) atoms. The van der Waals surface area contributed by atoms with Crippen LogP contribution < -0.4 is 10.5 Å². The molecule has 1 heterocycles. The minimum absolute atomic E-state index is 0.0340. The van der Waals surface area contributed by atoms with Crippen molar-refractivity contribution in [2.45, 2.75) is 11.4 Å². The lowest BCUT2D eigenvalue weighted by molar-refractivity contribution is -0.384. The van der Waals surface area contributed by atoms with Crippen LogP contribution in [0.3, 0.4) is 0 Å². The van der Waals surface area contributed by atoms with Gasteiger partial charge in [-0.15, -0.1) is 11.3 Å². The second kappa shape index (κ2) is 6.62. The average Bonchev–Trinajstić information content (AvgIpc) is 2.86. The first kappa shape index (κ1) is 17.3. The molecule has 2 rings (SSSR count). The Hall–Kier alpha value is -2.01. The Bertz CT molecular complexity index is 861. The van der Waals surface area contributed by atoms with Crippen LogP contribution in [0.15, 0.2) is 35.2 Å². The van der Waals surface area contributed by atoms with Gasteiger partial charge in [0.1, 0.15) is 4.88 Å². The van der Waals surface area contributed by atoms with Crippen molar-refractivity contribution in [3.63, 3.8) is 0 Å². The van der Waals surface area contributed by atoms with Crippen molar-refractivity contribution < 1.29 is 18.1 Å². The molecule has 1 aromatic heterocycles. The first-order chi connectivity index (χ1) is 10.7. The summed E-state index contributed by atoms with van der Waals surface area (Å²) in [6.07, 6.45) is 0. The van der Waals surface area contributed by atoms with Gasteiger partial charge in [-0.05, 0) is 17.7 Å². The lowest BCUT2D eigenvalue weighted by Crippen LogP contribution is -2.21. The minimum atomic E-state index is -3.77. The molecule has 122 valence electrons. The van der Waals surface area contributed by atoms with E-state index in [0.717, 1.165) is 17.4 Å². The molecule has 0 saturated heterocycles. The number of hydrogen-bond donors (Lipinski definition) is 2. The summed E-state index contributed by atoms with van der Waals surface area (Å²) in [7, 11) is -3.77. The third kappa shape index (κ3) is 4.26. The molecule has 2 aromatic rings. The van der Waals surface area contributed by atoms with E-state index in [4.69, 9.17) is 16.7 Å². The van der Waals surface area contributed by atoms with E-state index in [1.54, 1.807) is 0 Å². The van der Waals surface area contributed by atoms with Gasteiger partial charge in [0.05, 0.1) is 9.82 Å². The standard InChI is InChI=1S/C12H10ClN3O5S2/c13-11-9(16(18)19)5-10(22-11)12(17)15-6-7-1-3-8(4-2-7)23(14,20)21/h1-5H,6H2,(H,15,17)(H2,14,20,21). The number of rotatable bonds is 5. The van der Waals surface area contributed by atoms with Gasteiger partial charge in [-0.25, -0.2) is 13.6 Å². The minimum Gasteiger partial charge on any atom is -0.347 e. The molecule has 1 amide bonds. The lowest BCUT2D eigenvalue weighted by Gasteiger charge is -2.04. The molecule has 0 radical (unpaired) electrons. The summed E-state index contributed by atoms with van der Waals surface area (Å²) in [5, 5.41) is 18.2. The number of hydrogen-bond acceptors (Lipinski definition) is 6. The number of nitrogens with zero attached hydrogens (tertiary/aromatic N) is 1. The highest BCUT2D eigenvalue weighted by molar-refractivity contribution is 7.89. The lowest BCUT2D eigenvalue weighted by atomic mass is 10.2. The fourth-order valence-corrected chi connectivity index (χ4v) is 3.32. The Morgan fingerprint density at radius 2 is 1.96 bits per heavy atom. The summed E-state index contributed by atoms with van der Waals surface area (Å²) in [6.45, 7) is 0.118. The van der Waals surface area contributed by atoms with Crippen molar-refractivity contribution in [2.75, 3.05) is 0 Å². The summed E-state index contributed by atoms with van der Waals surface area (Å²) in [4.78, 5) is 22.0. The molecule has 0 saturated carbocycles. The van der Waals surface area contributed by atoms with Gasteiger partial charge in [-0.2, -0.15) is 0 Å². The third-order valence-electron chi connectivity index (χ3n) is 2.79. The molecule has 0 aliphatic rings. The number of halogens is 1. The Morgan fingerprint density at radius 1 is 1.35 bits per heavy atom. The topological polar surface area (TPSA) is 132 Å². The Labute approximate surface area is 140 Å². The molecule has 0 aliphatic heterocycles. The SMILES string of the molecule is NS(=O)(=O)c1ccc(CNC(=O)c2cc([N+](=O)[O-])c(Cl)s2)cc1. The quantitative estimate of drug-likeness (QED) is 0.608. The summed E-state index contributed by atoms with van der Waals surface area (Å²) in [5.74, 6) is -0.513. The molecule has 0 atom stereocenters. The van der Waals surface area contributed by atoms with Crippen LogP contribution in [0.5, 0.6) is 0 Å². The molecule has 0 fully saturated rings. The number of primary sulfonamides is 1. The van der Waals surface area contributed by atoms with Crippen LogP contribution >= 0.6 is 22.9 Å². The summed E-state index contributed by atoms with van der Waals surface area (Å²) < 4.78 is 22.2. The van der Waals surface area contributed by atoms with Gasteiger partial charge < -0.3 is 5.32 Å². The van der Waals surface area contributed by atoms with E-state index in [9.17, 15) is 23.3 Å². The van der Waals surface area contributed by atoms with Gasteiger partial charge in [0, 0.05) is 12.6 Å². The molecule has 0 unspecified atom stereocenters. The number of nitrogens with two attached hydrogens (primary N) is 1. The first-order valence-corrected chi connectivity index (χ1v) is 8.76. The highest BCUT2D eigenvalue weighted by Gasteiger charge is 2.20. The molecule has 0 spiro atoms. The zero-order chi connectivity index (χ0) is 17.2. The van der Waals surface area contributed by atoms with Crippen LogP contribution in [-0.4, -0.2) is 19.2 Å². The number of carbonyl (C=O) groups excluding carboxylic acids is 1. The maximum absolute atomic E-state index is 11.9. The zero-order valence-electron chi connectivity index (χ0n) is 11.4. The van der Waals surface area contributed by atoms with Gasteiger partial charge in [0.25, 0.3) is 11.6 Å². The van der Waals surface area contributed by atoms with E-state index >= 15 is 0 Å². The molecule has 3 N–H and O–H groups in total. The fraction of sp³-hybridized carbons (Fsp3) is 0.0833. The average molecular weight is 376 g/mol. The van der Waals surface area contributed by atoms with E-state index in [1.165, 1.54) is 24.3 Å². The monoisotopic (exact) mass is 375 g/mol. The number of amides is 1. The van der Waals surface area contributed by atoms with Gasteiger partial charge in [0.2, 0.25) is 10.0 Å². The van der Waals surface area contributed by atoms with Crippen LogP contribution in [-0.2, 0) is 16.6 Å². The van der Waals surface area contributed by atoms with E-state index in [2.05, 4.69) is 5.32 Å². The van der Waals surface area contributed by atoms with Crippen molar-refractivity contribution in [1.29, 1.82) is 0 Å². The van der Waals surface area contributed by atoms with Crippen LogP contribution in [0.4, 0.5) is 5.69 Å². The Kier molecular flexibility index (Phi) is 5.00. The smallest absolute Gasteiger partial charge is 0.299 e. The fourth-order valence-electron chi connectivity index (χ4n) is 1.66. The first-order valence-electron chi connectivity index (χ1n) is 6.02. The van der Waals surface area contributed by atoms with Gasteiger partial charge in [-0.1, -0.05) is 23.7 Å². The van der Waals surface area contributed by atoms with Crippen molar-refractivity contribution in [2.24, 2.45) is 5.14 Å². The van der Waals surface area contributed by atoms with E-state index in [0.29, 0.717) is 5.56 Å². The maximum Gasteiger partial charge on any atom is 0.299 e. The highest BCUT2D eigenvalue weighted by atomic mass is 35.5. The Morgan fingerprint density at radius 3 is 2.43 bits per heavy atom. The summed E-state index contributed by atoms with van der Waals surface area (Å²) in [6, 6.07) is 6.76. The third-order valence-corrected chi connectivity index (χ3v) is 5.06. The van der Waals surface area contributed by atoms with Gasteiger partial charge >= 0.3 is 0 Å². The molecule has 11 heteroatoms. The van der Waals surface area contributed by atoms with E-state index < -0.39 is 20.9 Å². The Balaban J connectivity index is 2.04. The summed E-state index contributed by atoms with van der Waals surface area (Å²) in [5.41, 5.74) is 0.322. The number of nitro groups is 1. The molecule has 0 aliphatic carbocycles. The second-order valence-electron chi connectivity index (χ2n) is 4.40. The number of benzene rings is 1. The molecule has 0 bridgehead atoms. The zero-order valence-corrected chi connectivity index (χ0v) is 13.7.